The zero-order chi connectivity index (χ0) is 22.4. The largest absolute Gasteiger partial charge is 0.302 e. The van der Waals surface area contributed by atoms with Crippen molar-refractivity contribution in [2.75, 3.05) is 5.75 Å². The fraction of sp³-hybridized carbons (Fsp3) is 0.348. The SMILES string of the molecule is CCn1c(SCC(=O)N/N=C(/C)c2ccncc2)nnc1-c1ccc(C(C)(C)C)cc1. The molecule has 0 bridgehead atoms. The van der Waals surface area contributed by atoms with Gasteiger partial charge in [0.15, 0.2) is 11.0 Å². The summed E-state index contributed by atoms with van der Waals surface area (Å²) in [6, 6.07) is 12.1. The van der Waals surface area contributed by atoms with Crippen LogP contribution in [-0.4, -0.2) is 37.1 Å². The van der Waals surface area contributed by atoms with Crippen molar-refractivity contribution in [3.8, 4) is 11.4 Å². The Kier molecular flexibility index (Phi) is 7.22. The van der Waals surface area contributed by atoms with Crippen molar-refractivity contribution < 1.29 is 4.79 Å². The van der Waals surface area contributed by atoms with Gasteiger partial charge in [-0.25, -0.2) is 5.43 Å². The van der Waals surface area contributed by atoms with Crippen LogP contribution in [0.4, 0.5) is 0 Å². The number of amides is 1. The van der Waals surface area contributed by atoms with Gasteiger partial charge in [-0.2, -0.15) is 5.10 Å². The minimum absolute atomic E-state index is 0.101. The van der Waals surface area contributed by atoms with Gasteiger partial charge in [0.25, 0.3) is 5.91 Å². The molecule has 0 saturated carbocycles. The van der Waals surface area contributed by atoms with E-state index in [-0.39, 0.29) is 17.1 Å². The van der Waals surface area contributed by atoms with E-state index in [2.05, 4.69) is 70.7 Å². The van der Waals surface area contributed by atoms with E-state index in [4.69, 9.17) is 0 Å². The van der Waals surface area contributed by atoms with Crippen LogP contribution in [0.25, 0.3) is 11.4 Å². The second kappa shape index (κ2) is 9.87. The summed E-state index contributed by atoms with van der Waals surface area (Å²) >= 11 is 1.35. The van der Waals surface area contributed by atoms with Crippen LogP contribution >= 0.6 is 11.8 Å². The second-order valence-corrected chi connectivity index (χ2v) is 9.08. The van der Waals surface area contributed by atoms with Crippen LogP contribution in [0.1, 0.15) is 45.7 Å². The molecule has 3 rings (SSSR count). The highest BCUT2D eigenvalue weighted by atomic mass is 32.2. The van der Waals surface area contributed by atoms with Gasteiger partial charge in [-0.05, 0) is 37.0 Å². The first-order valence-corrected chi connectivity index (χ1v) is 11.2. The van der Waals surface area contributed by atoms with Crippen LogP contribution in [0.2, 0.25) is 0 Å². The summed E-state index contributed by atoms with van der Waals surface area (Å²) in [5.41, 5.74) is 6.61. The molecule has 162 valence electrons. The van der Waals surface area contributed by atoms with Gasteiger partial charge in [0.05, 0.1) is 11.5 Å². The van der Waals surface area contributed by atoms with Crippen molar-refractivity contribution in [2.45, 2.75) is 51.7 Å². The molecule has 3 aromatic rings. The molecule has 1 aromatic carbocycles. The normalized spacial score (nSPS) is 12.1. The number of rotatable bonds is 7. The Morgan fingerprint density at radius 1 is 1.10 bits per heavy atom. The molecule has 0 aliphatic carbocycles. The first-order chi connectivity index (χ1) is 14.8. The molecule has 0 aliphatic rings. The van der Waals surface area contributed by atoms with Crippen LogP contribution < -0.4 is 5.43 Å². The van der Waals surface area contributed by atoms with Crippen molar-refractivity contribution in [1.29, 1.82) is 0 Å². The number of nitrogens with one attached hydrogen (secondary N) is 1. The summed E-state index contributed by atoms with van der Waals surface area (Å²) in [6.45, 7) is 11.2. The third kappa shape index (κ3) is 5.79. The Morgan fingerprint density at radius 3 is 2.39 bits per heavy atom. The predicted octanol–water partition coefficient (Wildman–Crippen LogP) is 4.29. The Labute approximate surface area is 187 Å². The lowest BCUT2D eigenvalue weighted by molar-refractivity contribution is -0.118. The summed E-state index contributed by atoms with van der Waals surface area (Å²) in [5, 5.41) is 13.5. The summed E-state index contributed by atoms with van der Waals surface area (Å²) in [6.07, 6.45) is 3.38. The number of hydrogen-bond donors (Lipinski definition) is 1. The summed E-state index contributed by atoms with van der Waals surface area (Å²) in [7, 11) is 0. The Hall–Kier alpha value is -3.00. The van der Waals surface area contributed by atoms with Crippen molar-refractivity contribution in [3.05, 3.63) is 59.9 Å². The first kappa shape index (κ1) is 22.7. The quantitative estimate of drug-likeness (QED) is 0.339. The lowest BCUT2D eigenvalue weighted by Crippen LogP contribution is -2.21. The standard InChI is InChI=1S/C23H28N6OS/c1-6-29-21(18-7-9-19(10-8-18)23(3,4)5)27-28-22(29)31-15-20(30)26-25-16(2)17-11-13-24-14-12-17/h7-14H,6,15H2,1-5H3,(H,26,30)/b25-16-. The zero-order valence-electron chi connectivity index (χ0n) is 18.6. The highest BCUT2D eigenvalue weighted by molar-refractivity contribution is 7.99. The van der Waals surface area contributed by atoms with E-state index < -0.39 is 0 Å². The Balaban J connectivity index is 1.65. The van der Waals surface area contributed by atoms with Crippen LogP contribution in [0.3, 0.4) is 0 Å². The van der Waals surface area contributed by atoms with Crippen LogP contribution in [0.15, 0.2) is 59.0 Å². The molecule has 0 unspecified atom stereocenters. The Bertz CT molecular complexity index is 1050. The molecule has 1 N–H and O–H groups in total. The van der Waals surface area contributed by atoms with E-state index in [1.165, 1.54) is 17.3 Å². The minimum Gasteiger partial charge on any atom is -0.302 e. The van der Waals surface area contributed by atoms with Crippen molar-refractivity contribution in [2.24, 2.45) is 5.10 Å². The summed E-state index contributed by atoms with van der Waals surface area (Å²) in [4.78, 5) is 16.2. The van der Waals surface area contributed by atoms with E-state index in [1.54, 1.807) is 12.4 Å². The predicted molar refractivity (Wildman–Crippen MR) is 125 cm³/mol. The van der Waals surface area contributed by atoms with E-state index >= 15 is 0 Å². The average Bonchev–Trinajstić information content (AvgIpc) is 3.19. The second-order valence-electron chi connectivity index (χ2n) is 8.13. The van der Waals surface area contributed by atoms with Crippen molar-refractivity contribution in [3.63, 3.8) is 0 Å². The zero-order valence-corrected chi connectivity index (χ0v) is 19.4. The highest BCUT2D eigenvalue weighted by Gasteiger charge is 2.17. The van der Waals surface area contributed by atoms with E-state index in [0.29, 0.717) is 11.7 Å². The number of hydrazone groups is 1. The number of benzene rings is 1. The smallest absolute Gasteiger partial charge is 0.250 e. The average molecular weight is 437 g/mol. The van der Waals surface area contributed by atoms with Gasteiger partial charge in [0, 0.05) is 30.1 Å². The van der Waals surface area contributed by atoms with E-state index in [1.807, 2.05) is 30.5 Å². The number of pyridine rings is 1. The van der Waals surface area contributed by atoms with E-state index in [0.717, 1.165) is 22.7 Å². The fourth-order valence-electron chi connectivity index (χ4n) is 2.98. The first-order valence-electron chi connectivity index (χ1n) is 10.2. The van der Waals surface area contributed by atoms with Gasteiger partial charge in [-0.3, -0.25) is 9.78 Å². The molecule has 1 amide bonds. The van der Waals surface area contributed by atoms with Crippen molar-refractivity contribution in [1.82, 2.24) is 25.2 Å². The third-order valence-electron chi connectivity index (χ3n) is 4.82. The molecule has 31 heavy (non-hydrogen) atoms. The molecular formula is C23H28N6OS. The van der Waals surface area contributed by atoms with Gasteiger partial charge < -0.3 is 4.57 Å². The molecule has 0 fully saturated rings. The molecule has 2 aromatic heterocycles. The number of hydrogen-bond acceptors (Lipinski definition) is 6. The number of carbonyl (C=O) groups excluding carboxylic acids is 1. The fourth-order valence-corrected chi connectivity index (χ4v) is 3.77. The van der Waals surface area contributed by atoms with Crippen LogP contribution in [0, 0.1) is 0 Å². The van der Waals surface area contributed by atoms with Crippen LogP contribution in [-0.2, 0) is 16.8 Å². The number of aromatic nitrogens is 4. The summed E-state index contributed by atoms with van der Waals surface area (Å²) < 4.78 is 2.02. The van der Waals surface area contributed by atoms with Gasteiger partial charge in [0.2, 0.25) is 0 Å². The van der Waals surface area contributed by atoms with E-state index in [9.17, 15) is 4.79 Å². The van der Waals surface area contributed by atoms with Gasteiger partial charge in [0.1, 0.15) is 0 Å². The molecule has 2 heterocycles. The van der Waals surface area contributed by atoms with Gasteiger partial charge in [-0.1, -0.05) is 56.8 Å². The third-order valence-corrected chi connectivity index (χ3v) is 5.79. The molecule has 7 nitrogen and oxygen atoms in total. The molecule has 0 spiro atoms. The van der Waals surface area contributed by atoms with Gasteiger partial charge in [-0.15, -0.1) is 10.2 Å². The lowest BCUT2D eigenvalue weighted by atomic mass is 9.87. The topological polar surface area (TPSA) is 85.1 Å². The molecule has 0 radical (unpaired) electrons. The maximum atomic E-state index is 12.3. The molecular weight excluding hydrogens is 408 g/mol. The Morgan fingerprint density at radius 2 is 1.77 bits per heavy atom. The number of carbonyl (C=O) groups is 1. The lowest BCUT2D eigenvalue weighted by Gasteiger charge is -2.19. The van der Waals surface area contributed by atoms with Gasteiger partial charge >= 0.3 is 0 Å². The number of thioether (sulfide) groups is 1. The maximum absolute atomic E-state index is 12.3. The molecule has 0 saturated heterocycles. The highest BCUT2D eigenvalue weighted by Crippen LogP contribution is 2.27. The summed E-state index contributed by atoms with van der Waals surface area (Å²) in [5.74, 6) is 0.811. The monoisotopic (exact) mass is 436 g/mol. The molecule has 0 aliphatic heterocycles. The minimum atomic E-state index is -0.194. The molecule has 0 atom stereocenters. The van der Waals surface area contributed by atoms with Crippen LogP contribution in [0.5, 0.6) is 0 Å². The number of nitrogens with zero attached hydrogens (tertiary/aromatic N) is 5. The van der Waals surface area contributed by atoms with Crippen molar-refractivity contribution >= 4 is 23.4 Å². The molecule has 8 heteroatoms. The maximum Gasteiger partial charge on any atom is 0.250 e.